The van der Waals surface area contributed by atoms with Gasteiger partial charge in [0.1, 0.15) is 0 Å². The van der Waals surface area contributed by atoms with E-state index in [1.165, 1.54) is 16.8 Å². The Balaban J connectivity index is 2.17. The van der Waals surface area contributed by atoms with Crippen LogP contribution >= 0.6 is 15.9 Å². The highest BCUT2D eigenvalue weighted by Crippen LogP contribution is 2.22. The fraction of sp³-hybridized carbons (Fsp3) is 0.214. The highest BCUT2D eigenvalue weighted by atomic mass is 79.9. The Morgan fingerprint density at radius 1 is 1.18 bits per heavy atom. The number of aromatic nitrogens is 1. The lowest BCUT2D eigenvalue weighted by molar-refractivity contribution is 0.909. The topological polar surface area (TPSA) is 16.1 Å². The molecule has 0 aliphatic rings. The van der Waals surface area contributed by atoms with Crippen LogP contribution in [0.5, 0.6) is 0 Å². The third kappa shape index (κ3) is 3.07. The Hall–Kier alpha value is -1.35. The van der Waals surface area contributed by atoms with E-state index in [-0.39, 0.29) is 0 Å². The number of anilines is 1. The summed E-state index contributed by atoms with van der Waals surface area (Å²) in [5, 5.41) is 0.876. The number of hydrogen-bond donors (Lipinski definition) is 0. The van der Waals surface area contributed by atoms with Gasteiger partial charge in [0, 0.05) is 37.0 Å². The van der Waals surface area contributed by atoms with Gasteiger partial charge in [0.25, 0.3) is 0 Å². The molecule has 0 amide bonds. The van der Waals surface area contributed by atoms with Gasteiger partial charge in [0.15, 0.2) is 0 Å². The van der Waals surface area contributed by atoms with Crippen LogP contribution in [0.4, 0.5) is 5.69 Å². The van der Waals surface area contributed by atoms with E-state index in [9.17, 15) is 0 Å². The third-order valence-electron chi connectivity index (χ3n) is 2.69. The Kier molecular flexibility index (Phi) is 4.15. The monoisotopic (exact) mass is 290 g/mol. The van der Waals surface area contributed by atoms with Crippen LogP contribution in [0.2, 0.25) is 0 Å². The van der Waals surface area contributed by atoms with Gasteiger partial charge in [-0.05, 0) is 23.3 Å². The maximum absolute atomic E-state index is 4.14. The first kappa shape index (κ1) is 12.1. The fourth-order valence-corrected chi connectivity index (χ4v) is 2.32. The van der Waals surface area contributed by atoms with Crippen molar-refractivity contribution in [1.82, 2.24) is 4.98 Å². The molecule has 0 bridgehead atoms. The van der Waals surface area contributed by atoms with Gasteiger partial charge >= 0.3 is 0 Å². The molecule has 88 valence electrons. The quantitative estimate of drug-likeness (QED) is 0.800. The number of halogens is 1. The van der Waals surface area contributed by atoms with Crippen LogP contribution in [0.1, 0.15) is 11.1 Å². The van der Waals surface area contributed by atoms with Gasteiger partial charge in [-0.3, -0.25) is 4.98 Å². The summed E-state index contributed by atoms with van der Waals surface area (Å²) in [6.45, 7) is 0.873. The molecule has 2 nitrogen and oxygen atoms in total. The van der Waals surface area contributed by atoms with Crippen molar-refractivity contribution < 1.29 is 0 Å². The van der Waals surface area contributed by atoms with E-state index in [0.717, 1.165) is 11.9 Å². The number of nitrogens with zero attached hydrogens (tertiary/aromatic N) is 2. The molecule has 3 heteroatoms. The molecule has 1 aromatic carbocycles. The molecule has 1 aromatic heterocycles. The first-order valence-corrected chi connectivity index (χ1v) is 6.67. The molecule has 2 rings (SSSR count). The van der Waals surface area contributed by atoms with E-state index in [1.54, 1.807) is 6.20 Å². The Morgan fingerprint density at radius 3 is 2.71 bits per heavy atom. The van der Waals surface area contributed by atoms with E-state index >= 15 is 0 Å². The second-order valence-corrected chi connectivity index (χ2v) is 4.54. The summed E-state index contributed by atoms with van der Waals surface area (Å²) >= 11 is 3.52. The minimum absolute atomic E-state index is 0.873. The lowest BCUT2D eigenvalue weighted by Crippen LogP contribution is -2.17. The molecule has 2 aromatic rings. The lowest BCUT2D eigenvalue weighted by atomic mass is 10.1. The normalized spacial score (nSPS) is 10.2. The van der Waals surface area contributed by atoms with E-state index in [1.807, 2.05) is 12.3 Å². The third-order valence-corrected chi connectivity index (χ3v) is 3.29. The molecule has 17 heavy (non-hydrogen) atoms. The highest BCUT2D eigenvalue weighted by Gasteiger charge is 2.06. The van der Waals surface area contributed by atoms with Gasteiger partial charge in [0.05, 0.1) is 0 Å². The molecule has 0 aliphatic carbocycles. The zero-order valence-electron chi connectivity index (χ0n) is 9.81. The van der Waals surface area contributed by atoms with Crippen LogP contribution in [0.25, 0.3) is 0 Å². The minimum Gasteiger partial charge on any atom is -0.370 e. The van der Waals surface area contributed by atoms with Crippen molar-refractivity contribution >= 4 is 21.6 Å². The standard InChI is InChI=1S/C14H15BrN2/c1-17(11-12-5-4-8-16-10-12)14-7-3-2-6-13(14)9-15/h2-8,10H,9,11H2,1H3. The predicted octanol–water partition coefficient (Wildman–Crippen LogP) is 3.61. The number of hydrogen-bond acceptors (Lipinski definition) is 2. The summed E-state index contributed by atoms with van der Waals surface area (Å²) in [7, 11) is 2.11. The van der Waals surface area contributed by atoms with Crippen LogP contribution in [0, 0.1) is 0 Å². The van der Waals surface area contributed by atoms with Crippen molar-refractivity contribution in [2.75, 3.05) is 11.9 Å². The smallest absolute Gasteiger partial charge is 0.0441 e. The van der Waals surface area contributed by atoms with Crippen LogP contribution in [-0.2, 0) is 11.9 Å². The van der Waals surface area contributed by atoms with Crippen LogP contribution in [-0.4, -0.2) is 12.0 Å². The second-order valence-electron chi connectivity index (χ2n) is 3.98. The molecule has 0 saturated carbocycles. The van der Waals surface area contributed by atoms with Crippen molar-refractivity contribution in [3.05, 3.63) is 59.9 Å². The number of rotatable bonds is 4. The van der Waals surface area contributed by atoms with Gasteiger partial charge in [-0.2, -0.15) is 0 Å². The largest absolute Gasteiger partial charge is 0.370 e. The molecular weight excluding hydrogens is 276 g/mol. The molecule has 0 radical (unpaired) electrons. The average Bonchev–Trinajstić information content (AvgIpc) is 2.40. The summed E-state index contributed by atoms with van der Waals surface area (Å²) in [5.41, 5.74) is 3.78. The summed E-state index contributed by atoms with van der Waals surface area (Å²) in [6.07, 6.45) is 3.71. The Labute approximate surface area is 110 Å². The Bertz CT molecular complexity index is 471. The van der Waals surface area contributed by atoms with Crippen molar-refractivity contribution in [1.29, 1.82) is 0 Å². The maximum Gasteiger partial charge on any atom is 0.0441 e. The van der Waals surface area contributed by atoms with Crippen LogP contribution in [0.3, 0.4) is 0 Å². The van der Waals surface area contributed by atoms with Crippen molar-refractivity contribution in [2.24, 2.45) is 0 Å². The van der Waals surface area contributed by atoms with Crippen molar-refractivity contribution in [2.45, 2.75) is 11.9 Å². The SMILES string of the molecule is CN(Cc1cccnc1)c1ccccc1CBr. The first-order valence-electron chi connectivity index (χ1n) is 5.55. The van der Waals surface area contributed by atoms with E-state index < -0.39 is 0 Å². The molecule has 0 aliphatic heterocycles. The van der Waals surface area contributed by atoms with Crippen LogP contribution < -0.4 is 4.90 Å². The molecule has 0 fully saturated rings. The molecule has 0 unspecified atom stereocenters. The van der Waals surface area contributed by atoms with E-state index in [0.29, 0.717) is 0 Å². The predicted molar refractivity (Wildman–Crippen MR) is 75.4 cm³/mol. The van der Waals surface area contributed by atoms with E-state index in [2.05, 4.69) is 63.2 Å². The molecule has 1 heterocycles. The van der Waals surface area contributed by atoms with Crippen molar-refractivity contribution in [3.8, 4) is 0 Å². The zero-order valence-corrected chi connectivity index (χ0v) is 11.4. The van der Waals surface area contributed by atoms with Gasteiger partial charge < -0.3 is 4.90 Å². The zero-order chi connectivity index (χ0) is 12.1. The lowest BCUT2D eigenvalue weighted by Gasteiger charge is -2.21. The summed E-state index contributed by atoms with van der Waals surface area (Å²) < 4.78 is 0. The van der Waals surface area contributed by atoms with Gasteiger partial charge in [-0.1, -0.05) is 40.2 Å². The summed E-state index contributed by atoms with van der Waals surface area (Å²) in [5.74, 6) is 0. The second kappa shape index (κ2) is 5.82. The summed E-state index contributed by atoms with van der Waals surface area (Å²) in [4.78, 5) is 6.38. The average molecular weight is 291 g/mol. The molecule has 0 atom stereocenters. The fourth-order valence-electron chi connectivity index (χ4n) is 1.85. The number of para-hydroxylation sites is 1. The van der Waals surface area contributed by atoms with Gasteiger partial charge in [0.2, 0.25) is 0 Å². The maximum atomic E-state index is 4.14. The minimum atomic E-state index is 0.873. The van der Waals surface area contributed by atoms with Gasteiger partial charge in [-0.15, -0.1) is 0 Å². The highest BCUT2D eigenvalue weighted by molar-refractivity contribution is 9.08. The number of pyridine rings is 1. The van der Waals surface area contributed by atoms with Crippen LogP contribution in [0.15, 0.2) is 48.8 Å². The van der Waals surface area contributed by atoms with E-state index in [4.69, 9.17) is 0 Å². The number of alkyl halides is 1. The molecule has 0 N–H and O–H groups in total. The Morgan fingerprint density at radius 2 is 2.00 bits per heavy atom. The van der Waals surface area contributed by atoms with Gasteiger partial charge in [-0.25, -0.2) is 0 Å². The first-order chi connectivity index (χ1) is 8.31. The molecule has 0 spiro atoms. The van der Waals surface area contributed by atoms with Crippen molar-refractivity contribution in [3.63, 3.8) is 0 Å². The molecule has 0 saturated heterocycles. The number of benzene rings is 1. The summed E-state index contributed by atoms with van der Waals surface area (Å²) in [6, 6.07) is 12.5. The molecular formula is C14H15BrN2.